The van der Waals surface area contributed by atoms with Gasteiger partial charge >= 0.3 is 0 Å². The normalized spacial score (nSPS) is 11.9. The third-order valence-electron chi connectivity index (χ3n) is 2.56. The highest BCUT2D eigenvalue weighted by molar-refractivity contribution is 7.14. The molecule has 0 aliphatic carbocycles. The van der Waals surface area contributed by atoms with Crippen LogP contribution in [0.2, 0.25) is 4.34 Å². The van der Waals surface area contributed by atoms with Crippen LogP contribution in [0, 0.1) is 17.1 Å². The molecule has 0 bridgehead atoms. The Hall–Kier alpha value is -1.57. The molecule has 2 rings (SSSR count). The van der Waals surface area contributed by atoms with E-state index in [0.29, 0.717) is 11.3 Å². The summed E-state index contributed by atoms with van der Waals surface area (Å²) in [6, 6.07) is 7.97. The molecule has 0 radical (unpaired) electrons. The number of hydrogen-bond acceptors (Lipinski definition) is 3. The summed E-state index contributed by atoms with van der Waals surface area (Å²) in [6.45, 7) is 1.96. The first-order chi connectivity index (χ1) is 8.60. The van der Waals surface area contributed by atoms with Crippen molar-refractivity contribution in [3.05, 3.63) is 50.9 Å². The van der Waals surface area contributed by atoms with E-state index in [0.717, 1.165) is 9.90 Å². The molecule has 0 fully saturated rings. The summed E-state index contributed by atoms with van der Waals surface area (Å²) in [4.78, 5) is 0. The summed E-state index contributed by atoms with van der Waals surface area (Å²) in [5.74, 6) is -0.414. The summed E-state index contributed by atoms with van der Waals surface area (Å²) in [5, 5.41) is 14.1. The minimum Gasteiger partial charge on any atom is -0.377 e. The third-order valence-corrected chi connectivity index (χ3v) is 3.67. The van der Waals surface area contributed by atoms with Gasteiger partial charge in [0.1, 0.15) is 11.9 Å². The van der Waals surface area contributed by atoms with Gasteiger partial charge in [-0.25, -0.2) is 4.39 Å². The van der Waals surface area contributed by atoms with Crippen LogP contribution in [0.25, 0.3) is 0 Å². The Morgan fingerprint density at radius 2 is 2.22 bits per heavy atom. The number of nitrogens with one attached hydrogen (secondary N) is 1. The van der Waals surface area contributed by atoms with Gasteiger partial charge in [0.2, 0.25) is 0 Å². The number of hydrogen-bond donors (Lipinski definition) is 1. The Bertz CT molecular complexity index is 603. The predicted molar refractivity (Wildman–Crippen MR) is 72.5 cm³/mol. The largest absolute Gasteiger partial charge is 0.377 e. The third kappa shape index (κ3) is 2.81. The van der Waals surface area contributed by atoms with E-state index in [2.05, 4.69) is 5.32 Å². The van der Waals surface area contributed by atoms with E-state index >= 15 is 0 Å². The summed E-state index contributed by atoms with van der Waals surface area (Å²) in [7, 11) is 0. The van der Waals surface area contributed by atoms with Gasteiger partial charge in [-0.15, -0.1) is 11.3 Å². The first-order valence-electron chi connectivity index (χ1n) is 5.30. The topological polar surface area (TPSA) is 35.8 Å². The molecule has 1 heterocycles. The SMILES string of the molecule is CC(Nc1ccc(F)cc1C#N)c1csc(Cl)c1. The van der Waals surface area contributed by atoms with Crippen molar-refractivity contribution >= 4 is 28.6 Å². The summed E-state index contributed by atoms with van der Waals surface area (Å²) in [5.41, 5.74) is 1.95. The zero-order valence-corrected chi connectivity index (χ0v) is 11.1. The first-order valence-corrected chi connectivity index (χ1v) is 6.56. The number of rotatable bonds is 3. The van der Waals surface area contributed by atoms with E-state index in [1.807, 2.05) is 24.4 Å². The average molecular weight is 281 g/mol. The van der Waals surface area contributed by atoms with Crippen molar-refractivity contribution in [1.29, 1.82) is 5.26 Å². The van der Waals surface area contributed by atoms with Crippen molar-refractivity contribution in [2.75, 3.05) is 5.32 Å². The first kappa shape index (κ1) is 12.9. The molecule has 92 valence electrons. The zero-order chi connectivity index (χ0) is 13.1. The molecule has 0 aliphatic rings. The van der Waals surface area contributed by atoms with Crippen molar-refractivity contribution < 1.29 is 4.39 Å². The highest BCUT2D eigenvalue weighted by atomic mass is 35.5. The van der Waals surface area contributed by atoms with Gasteiger partial charge in [-0.1, -0.05) is 11.6 Å². The Balaban J connectivity index is 2.22. The number of halogens is 2. The Morgan fingerprint density at radius 3 is 2.83 bits per heavy atom. The number of anilines is 1. The van der Waals surface area contributed by atoms with E-state index in [1.165, 1.54) is 23.5 Å². The van der Waals surface area contributed by atoms with Crippen molar-refractivity contribution in [1.82, 2.24) is 0 Å². The maximum atomic E-state index is 13.0. The number of benzene rings is 1. The van der Waals surface area contributed by atoms with Gasteiger partial charge in [0.25, 0.3) is 0 Å². The van der Waals surface area contributed by atoms with Gasteiger partial charge in [-0.05, 0) is 42.1 Å². The average Bonchev–Trinajstić information content (AvgIpc) is 2.78. The molecule has 0 saturated carbocycles. The van der Waals surface area contributed by atoms with Gasteiger partial charge in [0, 0.05) is 6.04 Å². The molecular weight excluding hydrogens is 271 g/mol. The molecule has 18 heavy (non-hydrogen) atoms. The fourth-order valence-corrected chi connectivity index (χ4v) is 2.59. The van der Waals surface area contributed by atoms with Crippen LogP contribution in [0.5, 0.6) is 0 Å². The fourth-order valence-electron chi connectivity index (χ4n) is 1.60. The minimum absolute atomic E-state index is 0.00584. The van der Waals surface area contributed by atoms with Crippen molar-refractivity contribution in [2.24, 2.45) is 0 Å². The molecule has 0 saturated heterocycles. The van der Waals surface area contributed by atoms with Gasteiger partial charge in [-0.3, -0.25) is 0 Å². The lowest BCUT2D eigenvalue weighted by atomic mass is 10.1. The van der Waals surface area contributed by atoms with Crippen LogP contribution >= 0.6 is 22.9 Å². The number of nitrogens with zero attached hydrogens (tertiary/aromatic N) is 1. The lowest BCUT2D eigenvalue weighted by Gasteiger charge is -2.15. The Kier molecular flexibility index (Phi) is 3.85. The van der Waals surface area contributed by atoms with Gasteiger partial charge in [0.05, 0.1) is 15.6 Å². The van der Waals surface area contributed by atoms with Crippen LogP contribution in [0.4, 0.5) is 10.1 Å². The highest BCUT2D eigenvalue weighted by Crippen LogP contribution is 2.28. The minimum atomic E-state index is -0.414. The van der Waals surface area contributed by atoms with Crippen LogP contribution in [-0.4, -0.2) is 0 Å². The monoisotopic (exact) mass is 280 g/mol. The van der Waals surface area contributed by atoms with Gasteiger partial charge in [0.15, 0.2) is 0 Å². The molecule has 1 N–H and O–H groups in total. The summed E-state index contributed by atoms with van der Waals surface area (Å²) >= 11 is 7.33. The van der Waals surface area contributed by atoms with Crippen molar-refractivity contribution in [3.8, 4) is 6.07 Å². The van der Waals surface area contributed by atoms with Crippen LogP contribution in [0.15, 0.2) is 29.6 Å². The van der Waals surface area contributed by atoms with Gasteiger partial charge < -0.3 is 5.32 Å². The maximum absolute atomic E-state index is 13.0. The molecule has 0 aliphatic heterocycles. The number of thiophene rings is 1. The second-order valence-corrected chi connectivity index (χ2v) is 5.39. The molecule has 0 spiro atoms. The molecule has 1 unspecified atom stereocenters. The lowest BCUT2D eigenvalue weighted by molar-refractivity contribution is 0.627. The standard InChI is InChI=1S/C13H10ClFN2S/c1-8(10-5-13(14)18-7-10)17-12-3-2-11(15)4-9(12)6-16/h2-5,7-8,17H,1H3. The lowest BCUT2D eigenvalue weighted by Crippen LogP contribution is -2.07. The second-order valence-electron chi connectivity index (χ2n) is 3.85. The van der Waals surface area contributed by atoms with E-state index in [4.69, 9.17) is 16.9 Å². The highest BCUT2D eigenvalue weighted by Gasteiger charge is 2.10. The predicted octanol–water partition coefficient (Wildman–Crippen LogP) is 4.59. The molecule has 2 aromatic rings. The molecule has 2 nitrogen and oxygen atoms in total. The Morgan fingerprint density at radius 1 is 1.44 bits per heavy atom. The summed E-state index contributed by atoms with van der Waals surface area (Å²) < 4.78 is 13.7. The van der Waals surface area contributed by atoms with Crippen molar-refractivity contribution in [2.45, 2.75) is 13.0 Å². The zero-order valence-electron chi connectivity index (χ0n) is 9.58. The van der Waals surface area contributed by atoms with Crippen LogP contribution in [0.1, 0.15) is 24.1 Å². The molecule has 0 amide bonds. The summed E-state index contributed by atoms with van der Waals surface area (Å²) in [6.07, 6.45) is 0. The van der Waals surface area contributed by atoms with E-state index in [9.17, 15) is 4.39 Å². The fraction of sp³-hybridized carbons (Fsp3) is 0.154. The molecule has 5 heteroatoms. The Labute approximate surface area is 114 Å². The van der Waals surface area contributed by atoms with Crippen LogP contribution in [-0.2, 0) is 0 Å². The number of nitriles is 1. The molecule has 1 aromatic carbocycles. The van der Waals surface area contributed by atoms with E-state index < -0.39 is 5.82 Å². The van der Waals surface area contributed by atoms with Gasteiger partial charge in [-0.2, -0.15) is 5.26 Å². The van der Waals surface area contributed by atoms with Crippen LogP contribution in [0.3, 0.4) is 0 Å². The second kappa shape index (κ2) is 5.38. The smallest absolute Gasteiger partial charge is 0.124 e. The van der Waals surface area contributed by atoms with Crippen LogP contribution < -0.4 is 5.32 Å². The van der Waals surface area contributed by atoms with Crippen molar-refractivity contribution in [3.63, 3.8) is 0 Å². The molecular formula is C13H10ClFN2S. The van der Waals surface area contributed by atoms with E-state index in [-0.39, 0.29) is 6.04 Å². The molecule has 1 atom stereocenters. The molecule has 1 aromatic heterocycles. The maximum Gasteiger partial charge on any atom is 0.124 e. The van der Waals surface area contributed by atoms with E-state index in [1.54, 1.807) is 6.07 Å². The quantitative estimate of drug-likeness (QED) is 0.893.